The zero-order valence-electron chi connectivity index (χ0n) is 11.5. The van der Waals surface area contributed by atoms with E-state index in [9.17, 15) is 13.2 Å². The van der Waals surface area contributed by atoms with Gasteiger partial charge in [0.1, 0.15) is 15.7 Å². The standard InChI is InChI=1S/C13H16N2O4S/c1-8(7-20(3,18)19)15-9(2)14-11-6-10(13(16)17)4-5-12(11)15/h4-6,8H,7H2,1-3H3,(H,16,17). The van der Waals surface area contributed by atoms with E-state index in [0.29, 0.717) is 11.3 Å². The lowest BCUT2D eigenvalue weighted by molar-refractivity contribution is 0.0697. The lowest BCUT2D eigenvalue weighted by atomic mass is 10.2. The highest BCUT2D eigenvalue weighted by Gasteiger charge is 2.18. The van der Waals surface area contributed by atoms with Gasteiger partial charge in [-0.05, 0) is 32.0 Å². The van der Waals surface area contributed by atoms with Crippen LogP contribution in [0.15, 0.2) is 18.2 Å². The second-order valence-electron chi connectivity index (χ2n) is 4.98. The summed E-state index contributed by atoms with van der Waals surface area (Å²) in [5.74, 6) is -0.332. The summed E-state index contributed by atoms with van der Waals surface area (Å²) < 4.78 is 24.7. The molecule has 0 saturated carbocycles. The van der Waals surface area contributed by atoms with E-state index in [0.717, 1.165) is 5.52 Å². The van der Waals surface area contributed by atoms with Crippen molar-refractivity contribution < 1.29 is 18.3 Å². The number of nitrogens with zero attached hydrogens (tertiary/aromatic N) is 2. The number of aryl methyl sites for hydroxylation is 1. The summed E-state index contributed by atoms with van der Waals surface area (Å²) in [6, 6.07) is 4.40. The Labute approximate surface area is 117 Å². The minimum absolute atomic E-state index is 0.0139. The molecular formula is C13H16N2O4S. The fourth-order valence-corrected chi connectivity index (χ4v) is 3.45. The van der Waals surface area contributed by atoms with Crippen LogP contribution in [0.2, 0.25) is 0 Å². The third-order valence-corrected chi connectivity index (χ3v) is 4.19. The van der Waals surface area contributed by atoms with Gasteiger partial charge in [-0.2, -0.15) is 0 Å². The number of rotatable bonds is 4. The molecule has 2 aromatic rings. The molecule has 7 heteroatoms. The van der Waals surface area contributed by atoms with E-state index in [1.54, 1.807) is 19.9 Å². The van der Waals surface area contributed by atoms with Crippen LogP contribution in [0.3, 0.4) is 0 Å². The van der Waals surface area contributed by atoms with Crippen LogP contribution < -0.4 is 0 Å². The predicted molar refractivity (Wildman–Crippen MR) is 75.9 cm³/mol. The van der Waals surface area contributed by atoms with Crippen molar-refractivity contribution in [2.75, 3.05) is 12.0 Å². The lowest BCUT2D eigenvalue weighted by Crippen LogP contribution is -2.17. The molecule has 20 heavy (non-hydrogen) atoms. The van der Waals surface area contributed by atoms with Crippen LogP contribution in [-0.4, -0.2) is 41.1 Å². The zero-order valence-corrected chi connectivity index (χ0v) is 12.3. The molecule has 0 aliphatic rings. The smallest absolute Gasteiger partial charge is 0.335 e. The Balaban J connectivity index is 2.54. The Morgan fingerprint density at radius 1 is 1.45 bits per heavy atom. The van der Waals surface area contributed by atoms with Gasteiger partial charge in [0.15, 0.2) is 0 Å². The lowest BCUT2D eigenvalue weighted by Gasteiger charge is -2.15. The van der Waals surface area contributed by atoms with Crippen molar-refractivity contribution in [2.45, 2.75) is 19.9 Å². The van der Waals surface area contributed by atoms with Gasteiger partial charge in [0.25, 0.3) is 0 Å². The molecule has 1 aromatic carbocycles. The minimum Gasteiger partial charge on any atom is -0.478 e. The highest BCUT2D eigenvalue weighted by atomic mass is 32.2. The van der Waals surface area contributed by atoms with Crippen molar-refractivity contribution in [3.05, 3.63) is 29.6 Å². The van der Waals surface area contributed by atoms with Crippen LogP contribution in [0.25, 0.3) is 11.0 Å². The predicted octanol–water partition coefficient (Wildman–Crippen LogP) is 1.65. The van der Waals surface area contributed by atoms with E-state index in [2.05, 4.69) is 4.98 Å². The summed E-state index contributed by atoms with van der Waals surface area (Å²) in [7, 11) is -3.10. The third kappa shape index (κ3) is 2.82. The van der Waals surface area contributed by atoms with Crippen LogP contribution >= 0.6 is 0 Å². The van der Waals surface area contributed by atoms with E-state index in [-0.39, 0.29) is 17.4 Å². The average Bonchev–Trinajstić information content (AvgIpc) is 2.61. The van der Waals surface area contributed by atoms with Gasteiger partial charge < -0.3 is 9.67 Å². The summed E-state index contributed by atoms with van der Waals surface area (Å²) in [5.41, 5.74) is 1.46. The maximum atomic E-state index is 11.4. The van der Waals surface area contributed by atoms with Crippen molar-refractivity contribution in [3.8, 4) is 0 Å². The number of carboxylic acids is 1. The van der Waals surface area contributed by atoms with E-state index in [1.165, 1.54) is 18.4 Å². The number of aromatic carboxylic acids is 1. The molecule has 6 nitrogen and oxygen atoms in total. The van der Waals surface area contributed by atoms with Crippen molar-refractivity contribution in [3.63, 3.8) is 0 Å². The van der Waals surface area contributed by atoms with Gasteiger partial charge in [0.2, 0.25) is 0 Å². The average molecular weight is 296 g/mol. The molecule has 0 radical (unpaired) electrons. The van der Waals surface area contributed by atoms with Crippen molar-refractivity contribution in [1.82, 2.24) is 9.55 Å². The third-order valence-electron chi connectivity index (χ3n) is 3.10. The van der Waals surface area contributed by atoms with Crippen LogP contribution in [0.4, 0.5) is 0 Å². The van der Waals surface area contributed by atoms with Crippen molar-refractivity contribution >= 4 is 26.8 Å². The number of fused-ring (bicyclic) bond motifs is 1. The van der Waals surface area contributed by atoms with Crippen LogP contribution in [0, 0.1) is 6.92 Å². The number of benzene rings is 1. The Hall–Kier alpha value is -1.89. The Morgan fingerprint density at radius 2 is 2.10 bits per heavy atom. The van der Waals surface area contributed by atoms with Gasteiger partial charge in [-0.25, -0.2) is 18.2 Å². The first-order valence-electron chi connectivity index (χ1n) is 6.08. The molecule has 1 atom stereocenters. The van der Waals surface area contributed by atoms with E-state index in [1.807, 2.05) is 4.57 Å². The number of aromatic nitrogens is 2. The molecule has 0 fully saturated rings. The number of hydrogen-bond acceptors (Lipinski definition) is 4. The molecule has 0 bridgehead atoms. The second kappa shape index (κ2) is 4.90. The monoisotopic (exact) mass is 296 g/mol. The minimum atomic E-state index is -3.10. The first-order chi connectivity index (χ1) is 9.19. The molecule has 1 heterocycles. The number of hydrogen-bond donors (Lipinski definition) is 1. The summed E-state index contributed by atoms with van der Waals surface area (Å²) >= 11 is 0. The maximum absolute atomic E-state index is 11.4. The molecule has 1 N–H and O–H groups in total. The summed E-state index contributed by atoms with van der Waals surface area (Å²) in [4.78, 5) is 15.3. The first kappa shape index (κ1) is 14.5. The molecule has 2 rings (SSSR count). The molecule has 0 aliphatic carbocycles. The molecule has 0 spiro atoms. The Kier molecular flexibility index (Phi) is 3.56. The van der Waals surface area contributed by atoms with E-state index in [4.69, 9.17) is 5.11 Å². The highest BCUT2D eigenvalue weighted by Crippen LogP contribution is 2.23. The fraction of sp³-hybridized carbons (Fsp3) is 0.385. The van der Waals surface area contributed by atoms with Crippen LogP contribution in [-0.2, 0) is 9.84 Å². The Morgan fingerprint density at radius 3 is 2.65 bits per heavy atom. The van der Waals surface area contributed by atoms with Gasteiger partial charge in [0.05, 0.1) is 22.3 Å². The van der Waals surface area contributed by atoms with Crippen molar-refractivity contribution in [2.24, 2.45) is 0 Å². The molecule has 0 amide bonds. The van der Waals surface area contributed by atoms with Gasteiger partial charge >= 0.3 is 5.97 Å². The van der Waals surface area contributed by atoms with E-state index >= 15 is 0 Å². The molecule has 1 unspecified atom stereocenters. The topological polar surface area (TPSA) is 89.3 Å². The fourth-order valence-electron chi connectivity index (χ4n) is 2.42. The largest absolute Gasteiger partial charge is 0.478 e. The second-order valence-corrected chi connectivity index (χ2v) is 7.16. The number of sulfone groups is 1. The molecule has 0 saturated heterocycles. The van der Waals surface area contributed by atoms with E-state index < -0.39 is 15.8 Å². The normalized spacial score (nSPS) is 13.6. The maximum Gasteiger partial charge on any atom is 0.335 e. The number of carboxylic acid groups (broad SMARTS) is 1. The van der Waals surface area contributed by atoms with Crippen LogP contribution in [0.1, 0.15) is 29.1 Å². The van der Waals surface area contributed by atoms with Gasteiger partial charge in [-0.1, -0.05) is 0 Å². The first-order valence-corrected chi connectivity index (χ1v) is 8.14. The Bertz CT molecular complexity index is 777. The van der Waals surface area contributed by atoms with Crippen molar-refractivity contribution in [1.29, 1.82) is 0 Å². The molecule has 108 valence electrons. The molecule has 1 aromatic heterocycles. The quantitative estimate of drug-likeness (QED) is 0.926. The zero-order chi connectivity index (χ0) is 15.1. The highest BCUT2D eigenvalue weighted by molar-refractivity contribution is 7.90. The summed E-state index contributed by atoms with van der Waals surface area (Å²) in [5, 5.41) is 8.97. The molecule has 0 aliphatic heterocycles. The van der Waals surface area contributed by atoms with Gasteiger partial charge in [-0.15, -0.1) is 0 Å². The van der Waals surface area contributed by atoms with Crippen LogP contribution in [0.5, 0.6) is 0 Å². The number of carbonyl (C=O) groups is 1. The SMILES string of the molecule is Cc1nc2cc(C(=O)O)ccc2n1C(C)CS(C)(=O)=O. The number of imidazole rings is 1. The van der Waals surface area contributed by atoms with Gasteiger partial charge in [-0.3, -0.25) is 0 Å². The summed E-state index contributed by atoms with van der Waals surface area (Å²) in [6.45, 7) is 3.58. The molecular weight excluding hydrogens is 280 g/mol. The van der Waals surface area contributed by atoms with Gasteiger partial charge in [0, 0.05) is 12.3 Å². The summed E-state index contributed by atoms with van der Waals surface area (Å²) in [6.07, 6.45) is 1.19.